The van der Waals surface area contributed by atoms with Gasteiger partial charge in [0, 0.05) is 55.5 Å². The van der Waals surface area contributed by atoms with Crippen LogP contribution in [0, 0.1) is 27.9 Å². The second-order valence-corrected chi connectivity index (χ2v) is 32.1. The number of amides is 1. The predicted molar refractivity (Wildman–Crippen MR) is 473 cm³/mol. The van der Waals surface area contributed by atoms with Crippen molar-refractivity contribution < 1.29 is 71.6 Å². The third-order valence-corrected chi connectivity index (χ3v) is 21.5. The van der Waals surface area contributed by atoms with Crippen molar-refractivity contribution in [3.63, 3.8) is 0 Å². The lowest BCUT2D eigenvalue weighted by Gasteiger charge is -2.24. The summed E-state index contributed by atoms with van der Waals surface area (Å²) < 4.78 is 35.2. The molecule has 0 bridgehead atoms. The molecule has 4 saturated carbocycles. The Bertz CT molecular complexity index is 4070. The van der Waals surface area contributed by atoms with Crippen LogP contribution in [0.15, 0.2) is 115 Å². The van der Waals surface area contributed by atoms with Gasteiger partial charge in [0.15, 0.2) is 0 Å². The van der Waals surface area contributed by atoms with Crippen molar-refractivity contribution in [3.8, 4) is 0 Å². The molecule has 0 atom stereocenters. The van der Waals surface area contributed by atoms with E-state index in [0.717, 1.165) is 79.3 Å². The fourth-order valence-electron chi connectivity index (χ4n) is 15.2. The number of nitrogens with two attached hydrogens (primary N) is 2. The molecule has 0 aromatic heterocycles. The predicted octanol–water partition coefficient (Wildman–Crippen LogP) is 23.1. The number of nitrogens with one attached hydrogen (secondary N) is 2. The lowest BCUT2D eigenvalue weighted by Crippen LogP contribution is -2.27. The van der Waals surface area contributed by atoms with Crippen molar-refractivity contribution in [1.82, 2.24) is 0 Å². The summed E-state index contributed by atoms with van der Waals surface area (Å²) in [6.45, 7) is 18.3. The molecule has 1 amide bonds. The summed E-state index contributed by atoms with van der Waals surface area (Å²) in [5, 5.41) is 17.8. The zero-order chi connectivity index (χ0) is 86.4. The van der Waals surface area contributed by atoms with E-state index in [1.54, 1.807) is 88.4 Å². The molecule has 0 spiro atoms. The number of nitro benzene ring substituents is 1. The number of ether oxygens (including phenoxy) is 7. The first-order valence-electron chi connectivity index (χ1n) is 43.1. The number of rotatable bonds is 23. The highest BCUT2D eigenvalue weighted by molar-refractivity contribution is 6.33. The van der Waals surface area contributed by atoms with E-state index in [2.05, 4.69) is 27.7 Å². The molecular weight excluding hydrogens is 1520 g/mol. The van der Waals surface area contributed by atoms with Gasteiger partial charge >= 0.3 is 41.9 Å². The van der Waals surface area contributed by atoms with Gasteiger partial charge in [-0.1, -0.05) is 196 Å². The lowest BCUT2D eigenvalue weighted by molar-refractivity contribution is -0.385. The van der Waals surface area contributed by atoms with Crippen LogP contribution in [0.2, 0.25) is 5.02 Å². The van der Waals surface area contributed by atoms with Crippen molar-refractivity contribution in [2.75, 3.05) is 87.8 Å². The summed E-state index contributed by atoms with van der Waals surface area (Å²) in [5.41, 5.74) is 21.6. The fraction of sp³-hybridized carbons (Fsp3) is 0.547. The van der Waals surface area contributed by atoms with Crippen LogP contribution >= 0.6 is 11.6 Å². The van der Waals surface area contributed by atoms with Crippen LogP contribution in [0.4, 0.5) is 38.9 Å². The van der Waals surface area contributed by atoms with Gasteiger partial charge in [0.05, 0.1) is 88.7 Å². The summed E-state index contributed by atoms with van der Waals surface area (Å²) in [4.78, 5) is 95.2. The minimum absolute atomic E-state index is 0.0439. The van der Waals surface area contributed by atoms with Crippen molar-refractivity contribution in [1.29, 1.82) is 0 Å². The van der Waals surface area contributed by atoms with Crippen LogP contribution in [-0.2, 0) is 52.4 Å². The molecule has 118 heavy (non-hydrogen) atoms. The van der Waals surface area contributed by atoms with Crippen LogP contribution in [0.5, 0.6) is 0 Å². The molecule has 22 nitrogen and oxygen atoms in total. The zero-order valence-electron chi connectivity index (χ0n) is 72.5. The van der Waals surface area contributed by atoms with Crippen LogP contribution in [0.3, 0.4) is 0 Å². The molecule has 23 heteroatoms. The van der Waals surface area contributed by atoms with Crippen LogP contribution in [-0.4, -0.2) is 113 Å². The highest BCUT2D eigenvalue weighted by atomic mass is 35.5. The first kappa shape index (κ1) is 98.9. The maximum absolute atomic E-state index is 12.3. The van der Waals surface area contributed by atoms with Gasteiger partial charge in [-0.2, -0.15) is 0 Å². The number of hydrogen-bond acceptors (Lipinski definition) is 20. The molecule has 6 aromatic rings. The zero-order valence-corrected chi connectivity index (χ0v) is 73.2. The molecule has 0 heterocycles. The maximum atomic E-state index is 12.3. The summed E-state index contributed by atoms with van der Waals surface area (Å²) in [6.07, 6.45) is 36.1. The Kier molecular flexibility index (Phi) is 45.6. The van der Waals surface area contributed by atoms with E-state index in [0.29, 0.717) is 88.9 Å². The van der Waals surface area contributed by atoms with Gasteiger partial charge in [-0.05, 0) is 214 Å². The van der Waals surface area contributed by atoms with Crippen molar-refractivity contribution in [3.05, 3.63) is 186 Å². The van der Waals surface area contributed by atoms with Gasteiger partial charge in [-0.3, -0.25) is 15.4 Å². The smallest absolute Gasteiger partial charge is 0.412 e. The number of nitro groups is 1. The van der Waals surface area contributed by atoms with E-state index in [1.165, 1.54) is 165 Å². The summed E-state index contributed by atoms with van der Waals surface area (Å²) in [5.74, 6) is 0.329. The van der Waals surface area contributed by atoms with Crippen molar-refractivity contribution >= 4 is 87.6 Å². The Hall–Kier alpha value is -9.70. The van der Waals surface area contributed by atoms with Gasteiger partial charge in [0.1, 0.15) is 5.60 Å². The van der Waals surface area contributed by atoms with Crippen LogP contribution in [0.1, 0.15) is 320 Å². The molecule has 6 aromatic carbocycles. The van der Waals surface area contributed by atoms with Crippen LogP contribution < -0.4 is 27.0 Å². The molecular formula is C95H135ClN6O16. The number of benzene rings is 6. The number of esters is 6. The molecule has 648 valence electrons. The van der Waals surface area contributed by atoms with Crippen molar-refractivity contribution in [2.24, 2.45) is 17.8 Å². The summed E-state index contributed by atoms with van der Waals surface area (Å²) in [6, 6.07) is 33.5. The van der Waals surface area contributed by atoms with E-state index in [9.17, 15) is 43.7 Å². The van der Waals surface area contributed by atoms with E-state index < -0.39 is 22.6 Å². The summed E-state index contributed by atoms with van der Waals surface area (Å²) in [7, 11) is 6.02. The molecule has 0 radical (unpaired) electrons. The molecule has 10 rings (SSSR count). The third-order valence-electron chi connectivity index (χ3n) is 21.1. The first-order valence-corrected chi connectivity index (χ1v) is 43.5. The second kappa shape index (κ2) is 54.4. The van der Waals surface area contributed by atoms with E-state index in [1.807, 2.05) is 86.1 Å². The molecule has 4 aliphatic carbocycles. The van der Waals surface area contributed by atoms with Gasteiger partial charge in [-0.15, -0.1) is 0 Å². The largest absolute Gasteiger partial charge is 0.462 e. The monoisotopic (exact) mass is 1650 g/mol. The van der Waals surface area contributed by atoms with Gasteiger partial charge in [-0.25, -0.2) is 33.6 Å². The normalized spacial score (nSPS) is 14.8. The number of carbonyl (C=O) groups excluding carboxylic acids is 7. The highest BCUT2D eigenvalue weighted by Gasteiger charge is 2.27. The van der Waals surface area contributed by atoms with E-state index >= 15 is 0 Å². The van der Waals surface area contributed by atoms with Gasteiger partial charge in [0.25, 0.3) is 5.69 Å². The SMILES string of the molecule is CCOC(=O)c1ccc(C2CCCCC2)c([N+](=O)[O-])c1.CCOC(=O)c1ccc(CC2CCCCCCC2)c(N(C)C)c1.CCOC(=O)c1ccc(CC2CCCCCCC2)c(NC(=O)OC(C)(C)C)c1.CCOC(=O)c1ccc(CC2CCCCCCC2)c(NC)c1.CCOC(=O)c1ccc(Cl)c(N)c1.CCOC(=O)c1cccc(N)c1. The molecule has 0 saturated heterocycles. The quantitative estimate of drug-likeness (QED) is 0.0152. The molecule has 0 unspecified atom stereocenters. The van der Waals surface area contributed by atoms with Gasteiger partial charge in [0.2, 0.25) is 0 Å². The standard InChI is InChI=1S/C23H35NO4.C20H31NO2.C19H29NO2.C15H19NO4.C9H10ClNO2.C9H11NO2/c1-5-27-21(25)19-14-13-18(15-17-11-9-7-6-8-10-12-17)20(16-19)24-22(26)28-23(2,3)4;1-4-23-20(22)18-13-12-17(19(15-18)21(2)3)14-16-10-8-6-5-7-9-11-16;1-3-22-19(21)17-12-11-16(18(14-17)20-2)13-15-9-7-5-4-6-8-10-15;1-2-20-15(17)12-8-9-13(14(10-12)16(18)19)11-6-4-3-5-7-11;1-2-13-9(12)6-3-4-7(10)8(11)5-6;1-2-12-9(11)7-4-3-5-8(10)6-7/h13-14,16-17H,5-12,15H2,1-4H3,(H,24,26);12-13,15-16H,4-11,14H2,1-3H3;11-12,14-15,20H,3-10,13H2,1-2H3;8-11H,2-7H2,1H3;3-5H,2,11H2,1H3;3-6H,2,10H2,1H3. The maximum Gasteiger partial charge on any atom is 0.412 e. The number of carbonyl (C=O) groups is 7. The van der Waals surface area contributed by atoms with Crippen molar-refractivity contribution in [2.45, 2.75) is 260 Å². The number of nitrogen functional groups attached to an aromatic ring is 2. The average Bonchev–Trinajstić information content (AvgIpc) is 0.834. The molecule has 0 aliphatic heterocycles. The van der Waals surface area contributed by atoms with E-state index in [4.69, 9.17) is 56.2 Å². The van der Waals surface area contributed by atoms with Crippen LogP contribution in [0.25, 0.3) is 0 Å². The lowest BCUT2D eigenvalue weighted by atomic mass is 9.83. The summed E-state index contributed by atoms with van der Waals surface area (Å²) >= 11 is 5.69. The number of halogens is 1. The highest BCUT2D eigenvalue weighted by Crippen LogP contribution is 2.39. The Morgan fingerprint density at radius 1 is 0.441 bits per heavy atom. The fourth-order valence-corrected chi connectivity index (χ4v) is 15.3. The average molecular weight is 1650 g/mol. The molecule has 4 aliphatic rings. The third kappa shape index (κ3) is 36.3. The minimum atomic E-state index is -0.581. The number of anilines is 5. The molecule has 4 fully saturated rings. The number of hydrogen-bond donors (Lipinski definition) is 4. The molecule has 6 N–H and O–H groups in total. The van der Waals surface area contributed by atoms with Gasteiger partial charge < -0.3 is 54.8 Å². The Labute approximate surface area is 707 Å². The Balaban J connectivity index is 0.000000257. The Morgan fingerprint density at radius 3 is 1.17 bits per heavy atom. The van der Waals surface area contributed by atoms with E-state index in [-0.39, 0.29) is 53.6 Å². The first-order chi connectivity index (χ1) is 56.6. The number of nitrogens with zero attached hydrogens (tertiary/aromatic N) is 2. The second-order valence-electron chi connectivity index (χ2n) is 31.7. The Morgan fingerprint density at radius 2 is 0.780 bits per heavy atom. The minimum Gasteiger partial charge on any atom is -0.462 e. The topological polar surface area (TPSA) is 307 Å².